The summed E-state index contributed by atoms with van der Waals surface area (Å²) >= 11 is 0. The summed E-state index contributed by atoms with van der Waals surface area (Å²) in [7, 11) is -0.586. The van der Waals surface area contributed by atoms with Crippen molar-refractivity contribution in [2.45, 2.75) is 123 Å². The molecular formula is C21H51NO4P2. The van der Waals surface area contributed by atoms with E-state index in [-0.39, 0.29) is 19.4 Å². The van der Waals surface area contributed by atoms with E-state index in [2.05, 4.69) is 30.0 Å². The number of hydrogen-bond acceptors (Lipinski definition) is 4. The maximum absolute atomic E-state index is 11.1. The Morgan fingerprint density at radius 2 is 1.00 bits per heavy atom. The molecule has 7 heteroatoms. The van der Waals surface area contributed by atoms with Crippen molar-refractivity contribution in [2.75, 3.05) is 13.2 Å². The Balaban J connectivity index is -0.000000432. The lowest BCUT2D eigenvalue weighted by atomic mass is 9.90. The third kappa shape index (κ3) is 22.8. The average Bonchev–Trinajstić information content (AvgIpc) is 2.64. The lowest BCUT2D eigenvalue weighted by Crippen LogP contribution is -2.20. The average molecular weight is 444 g/mol. The normalized spacial score (nSPS) is 11.5. The Morgan fingerprint density at radius 3 is 1.25 bits per heavy atom. The molecule has 4 N–H and O–H groups in total. The summed E-state index contributed by atoms with van der Waals surface area (Å²) in [4.78, 5) is 9.08. The molecular weight excluding hydrogens is 392 g/mol. The van der Waals surface area contributed by atoms with Crippen molar-refractivity contribution >= 4 is 17.1 Å². The van der Waals surface area contributed by atoms with Crippen molar-refractivity contribution in [3.63, 3.8) is 0 Å². The Labute approximate surface area is 178 Å². The molecule has 0 spiro atoms. The molecule has 1 unspecified atom stereocenters. The molecule has 0 aromatic carbocycles. The highest BCUT2D eigenvalue weighted by molar-refractivity contribution is 7.47. The van der Waals surface area contributed by atoms with E-state index >= 15 is 0 Å². The van der Waals surface area contributed by atoms with Crippen molar-refractivity contribution in [1.29, 1.82) is 0 Å². The van der Waals surface area contributed by atoms with Crippen LogP contribution in [0.5, 0.6) is 0 Å². The number of unbranched alkanes of at least 4 members (excludes halogenated alkanes) is 5. The smallest absolute Gasteiger partial charge is 0.344 e. The molecule has 0 saturated heterocycles. The van der Waals surface area contributed by atoms with Gasteiger partial charge in [0.1, 0.15) is 0 Å². The van der Waals surface area contributed by atoms with Crippen LogP contribution in [0.1, 0.15) is 118 Å². The van der Waals surface area contributed by atoms with Gasteiger partial charge in [0.05, 0.1) is 13.2 Å². The molecule has 0 aromatic heterocycles. The Kier molecular flexibility index (Phi) is 26.3. The van der Waals surface area contributed by atoms with Gasteiger partial charge in [0.15, 0.2) is 0 Å². The van der Waals surface area contributed by atoms with Gasteiger partial charge in [0, 0.05) is 0 Å². The zero-order valence-electron chi connectivity index (χ0n) is 19.5. The van der Waals surface area contributed by atoms with E-state index in [1.54, 1.807) is 0 Å². The van der Waals surface area contributed by atoms with Crippen molar-refractivity contribution < 1.29 is 18.5 Å². The van der Waals surface area contributed by atoms with Gasteiger partial charge in [-0.05, 0) is 37.3 Å². The van der Waals surface area contributed by atoms with Gasteiger partial charge >= 0.3 is 7.82 Å². The molecule has 0 aromatic rings. The Hall–Kier alpha value is 0.500. The van der Waals surface area contributed by atoms with E-state index in [0.717, 1.165) is 25.7 Å². The minimum absolute atomic E-state index is 0. The first kappa shape index (κ1) is 33.1. The van der Waals surface area contributed by atoms with E-state index < -0.39 is 7.82 Å². The lowest BCUT2D eigenvalue weighted by molar-refractivity contribution is 0.146. The second-order valence-corrected chi connectivity index (χ2v) is 10.2. The molecule has 0 heterocycles. The van der Waals surface area contributed by atoms with E-state index in [0.29, 0.717) is 5.16 Å². The first-order valence-corrected chi connectivity index (χ1v) is 13.3. The highest BCUT2D eigenvalue weighted by Crippen LogP contribution is 2.43. The van der Waals surface area contributed by atoms with E-state index in [1.807, 2.05) is 13.8 Å². The predicted molar refractivity (Wildman–Crippen MR) is 128 cm³/mol. The van der Waals surface area contributed by atoms with Crippen LogP contribution in [0, 0.1) is 0 Å². The monoisotopic (exact) mass is 443 g/mol. The molecule has 0 radical (unpaired) electrons. The number of phosphoric ester groups is 1. The van der Waals surface area contributed by atoms with Gasteiger partial charge in [-0.15, -0.1) is 9.24 Å². The van der Waals surface area contributed by atoms with Crippen molar-refractivity contribution in [2.24, 2.45) is 0 Å². The Morgan fingerprint density at radius 1 is 0.714 bits per heavy atom. The standard InChI is InChI=1S/C13H29P.C8H19O4P.H3N/c1-4-7-10-13(14,11-8-5-2)12-9-6-3;1-3-5-7-11-13(9,10)12-8-6-4-2;/h4-12,14H2,1-3H3;3-8H2,1-2H3,(H,9,10);1H3. The molecule has 0 fully saturated rings. The van der Waals surface area contributed by atoms with Crippen LogP contribution < -0.4 is 6.15 Å². The molecule has 0 amide bonds. The fraction of sp³-hybridized carbons (Fsp3) is 1.00. The first-order chi connectivity index (χ1) is 12.8. The third-order valence-electron chi connectivity index (χ3n) is 4.59. The zero-order valence-corrected chi connectivity index (χ0v) is 21.6. The highest BCUT2D eigenvalue weighted by atomic mass is 31.2. The summed E-state index contributed by atoms with van der Waals surface area (Å²) in [5.74, 6) is 0. The van der Waals surface area contributed by atoms with Gasteiger partial charge in [-0.1, -0.05) is 86.0 Å². The highest BCUT2D eigenvalue weighted by Gasteiger charge is 2.22. The van der Waals surface area contributed by atoms with Gasteiger partial charge in [0.2, 0.25) is 0 Å². The second kappa shape index (κ2) is 22.2. The molecule has 5 nitrogen and oxygen atoms in total. The minimum atomic E-state index is -3.75. The van der Waals surface area contributed by atoms with Crippen molar-refractivity contribution in [3.05, 3.63) is 0 Å². The summed E-state index contributed by atoms with van der Waals surface area (Å²) in [5.41, 5.74) is 0. The van der Waals surface area contributed by atoms with E-state index in [4.69, 9.17) is 13.9 Å². The largest absolute Gasteiger partial charge is 0.472 e. The summed E-state index contributed by atoms with van der Waals surface area (Å²) in [6.07, 6.45) is 15.9. The van der Waals surface area contributed by atoms with Crippen LogP contribution >= 0.6 is 17.1 Å². The van der Waals surface area contributed by atoms with Crippen LogP contribution in [0.25, 0.3) is 0 Å². The molecule has 0 rings (SSSR count). The fourth-order valence-electron chi connectivity index (χ4n) is 2.65. The fourth-order valence-corrected chi connectivity index (χ4v) is 4.05. The van der Waals surface area contributed by atoms with Crippen LogP contribution in [-0.4, -0.2) is 23.3 Å². The summed E-state index contributed by atoms with van der Waals surface area (Å²) in [5, 5.41) is 0.571. The van der Waals surface area contributed by atoms with Crippen LogP contribution in [-0.2, 0) is 13.6 Å². The summed E-state index contributed by atoms with van der Waals surface area (Å²) in [6.45, 7) is 11.4. The predicted octanol–water partition coefficient (Wildman–Crippen LogP) is 8.05. The molecule has 0 bridgehead atoms. The SMILES string of the molecule is CCCCC(P)(CCCC)CCCC.CCCCOP(=O)(O)OCCCC.N. The van der Waals surface area contributed by atoms with Crippen molar-refractivity contribution in [1.82, 2.24) is 6.15 Å². The number of rotatable bonds is 17. The van der Waals surface area contributed by atoms with Crippen LogP contribution in [0.3, 0.4) is 0 Å². The van der Waals surface area contributed by atoms with Crippen LogP contribution in [0.15, 0.2) is 0 Å². The van der Waals surface area contributed by atoms with Gasteiger partial charge < -0.3 is 11.0 Å². The third-order valence-corrected chi connectivity index (χ3v) is 6.47. The van der Waals surface area contributed by atoms with Crippen LogP contribution in [0.4, 0.5) is 0 Å². The minimum Gasteiger partial charge on any atom is -0.344 e. The van der Waals surface area contributed by atoms with Gasteiger partial charge in [-0.2, -0.15) is 0 Å². The van der Waals surface area contributed by atoms with Crippen molar-refractivity contribution in [3.8, 4) is 0 Å². The van der Waals surface area contributed by atoms with E-state index in [9.17, 15) is 4.57 Å². The summed E-state index contributed by atoms with van der Waals surface area (Å²) in [6, 6.07) is 0. The molecule has 0 aliphatic heterocycles. The lowest BCUT2D eigenvalue weighted by Gasteiger charge is -2.29. The summed E-state index contributed by atoms with van der Waals surface area (Å²) < 4.78 is 20.5. The molecule has 0 aliphatic rings. The zero-order chi connectivity index (χ0) is 21.0. The van der Waals surface area contributed by atoms with Crippen LogP contribution in [0.2, 0.25) is 0 Å². The van der Waals surface area contributed by atoms with Gasteiger partial charge in [0.25, 0.3) is 0 Å². The maximum Gasteiger partial charge on any atom is 0.472 e. The molecule has 28 heavy (non-hydrogen) atoms. The van der Waals surface area contributed by atoms with Gasteiger partial charge in [-0.3, -0.25) is 9.05 Å². The quantitative estimate of drug-likeness (QED) is 0.175. The number of hydrogen-bond donors (Lipinski definition) is 2. The van der Waals surface area contributed by atoms with E-state index in [1.165, 1.54) is 57.8 Å². The van der Waals surface area contributed by atoms with Gasteiger partial charge in [-0.25, -0.2) is 4.57 Å². The Bertz CT molecular complexity index is 322. The number of phosphoric acid groups is 1. The first-order valence-electron chi connectivity index (χ1n) is 11.2. The second-order valence-electron chi connectivity index (χ2n) is 7.52. The topological polar surface area (TPSA) is 90.8 Å². The maximum atomic E-state index is 11.1. The molecule has 1 atom stereocenters. The molecule has 0 aliphatic carbocycles. The molecule has 0 saturated carbocycles. The molecule has 174 valence electrons.